The van der Waals surface area contributed by atoms with Gasteiger partial charge in [0.1, 0.15) is 25.0 Å². The number of aryl methyl sites for hydroxylation is 1. The molecule has 1 atom stereocenters. The quantitative estimate of drug-likeness (QED) is 0.689. The molecule has 1 amide bonds. The molecule has 0 aliphatic carbocycles. The van der Waals surface area contributed by atoms with E-state index in [1.54, 1.807) is 10.9 Å². The maximum absolute atomic E-state index is 12.1. The highest BCUT2D eigenvalue weighted by Gasteiger charge is 2.10. The zero-order valence-electron chi connectivity index (χ0n) is 14.1. The minimum atomic E-state index is -0.779. The number of para-hydroxylation sites is 1. The van der Waals surface area contributed by atoms with E-state index in [0.29, 0.717) is 5.75 Å². The Balaban J connectivity index is 1.45. The molecule has 2 N–H and O–H groups in total. The van der Waals surface area contributed by atoms with Crippen LogP contribution in [0, 0.1) is 6.92 Å². The maximum atomic E-state index is 12.1. The first kappa shape index (κ1) is 17.0. The second-order valence-corrected chi connectivity index (χ2v) is 5.95. The molecule has 0 saturated heterocycles. The largest absolute Gasteiger partial charge is 0.491 e. The van der Waals surface area contributed by atoms with E-state index in [4.69, 9.17) is 4.74 Å². The van der Waals surface area contributed by atoms with Gasteiger partial charge < -0.3 is 15.2 Å². The van der Waals surface area contributed by atoms with Crippen molar-refractivity contribution in [2.75, 3.05) is 13.2 Å². The molecule has 0 bridgehead atoms. The molecule has 0 saturated carbocycles. The summed E-state index contributed by atoms with van der Waals surface area (Å²) in [7, 11) is 0. The number of ether oxygens (including phenoxy) is 1. The first-order valence-electron chi connectivity index (χ1n) is 8.16. The zero-order valence-corrected chi connectivity index (χ0v) is 14.1. The van der Waals surface area contributed by atoms with Crippen LogP contribution in [-0.4, -0.2) is 40.0 Å². The molecule has 0 radical (unpaired) electrons. The molecule has 0 aliphatic heterocycles. The Hall–Kier alpha value is -2.86. The predicted octanol–water partition coefficient (Wildman–Crippen LogP) is 1.90. The summed E-state index contributed by atoms with van der Waals surface area (Å²) < 4.78 is 7.16. The number of nitrogens with zero attached hydrogens (tertiary/aromatic N) is 2. The average Bonchev–Trinajstić information content (AvgIpc) is 3.01. The third-order valence-electron chi connectivity index (χ3n) is 3.81. The highest BCUT2D eigenvalue weighted by molar-refractivity contribution is 5.81. The molecule has 1 heterocycles. The summed E-state index contributed by atoms with van der Waals surface area (Å²) in [4.78, 5) is 12.1. The summed E-state index contributed by atoms with van der Waals surface area (Å²) in [6.07, 6.45) is 0.950. The Morgan fingerprint density at radius 3 is 2.96 bits per heavy atom. The van der Waals surface area contributed by atoms with Crippen LogP contribution in [-0.2, 0) is 11.3 Å². The van der Waals surface area contributed by atoms with Crippen LogP contribution in [0.4, 0.5) is 0 Å². The van der Waals surface area contributed by atoms with Crippen LogP contribution >= 0.6 is 0 Å². The van der Waals surface area contributed by atoms with Gasteiger partial charge in [0.25, 0.3) is 0 Å². The fourth-order valence-electron chi connectivity index (χ4n) is 2.53. The molecular formula is C19H21N3O3. The van der Waals surface area contributed by atoms with Crippen LogP contribution in [0.2, 0.25) is 0 Å². The minimum Gasteiger partial charge on any atom is -0.491 e. The lowest BCUT2D eigenvalue weighted by Crippen LogP contribution is -2.37. The summed E-state index contributed by atoms with van der Waals surface area (Å²) in [5.41, 5.74) is 1.99. The van der Waals surface area contributed by atoms with Gasteiger partial charge in [-0.15, -0.1) is 0 Å². The monoisotopic (exact) mass is 339 g/mol. The van der Waals surface area contributed by atoms with E-state index in [1.165, 1.54) is 0 Å². The highest BCUT2D eigenvalue weighted by Crippen LogP contribution is 2.13. The van der Waals surface area contributed by atoms with E-state index in [9.17, 15) is 9.90 Å². The van der Waals surface area contributed by atoms with Crippen molar-refractivity contribution in [1.82, 2.24) is 15.1 Å². The third-order valence-corrected chi connectivity index (χ3v) is 3.81. The molecular weight excluding hydrogens is 318 g/mol. The van der Waals surface area contributed by atoms with Gasteiger partial charge in [0, 0.05) is 11.9 Å². The number of nitrogens with one attached hydrogen (secondary N) is 1. The van der Waals surface area contributed by atoms with Gasteiger partial charge >= 0.3 is 0 Å². The SMILES string of the molecule is Cc1cccc(OCC(O)CNC(=O)Cn2ncc3ccccc32)c1. The summed E-state index contributed by atoms with van der Waals surface area (Å²) >= 11 is 0. The lowest BCUT2D eigenvalue weighted by molar-refractivity contribution is -0.122. The summed E-state index contributed by atoms with van der Waals surface area (Å²) in [5, 5.41) is 17.9. The zero-order chi connectivity index (χ0) is 17.6. The fraction of sp³-hybridized carbons (Fsp3) is 0.263. The van der Waals surface area contributed by atoms with E-state index in [2.05, 4.69) is 10.4 Å². The van der Waals surface area contributed by atoms with E-state index in [1.807, 2.05) is 55.5 Å². The van der Waals surface area contributed by atoms with Gasteiger partial charge in [-0.3, -0.25) is 9.48 Å². The van der Waals surface area contributed by atoms with Gasteiger partial charge in [-0.05, 0) is 30.7 Å². The highest BCUT2D eigenvalue weighted by atomic mass is 16.5. The third kappa shape index (κ3) is 4.58. The number of benzene rings is 2. The summed E-state index contributed by atoms with van der Waals surface area (Å²) in [6, 6.07) is 15.3. The van der Waals surface area contributed by atoms with E-state index in [0.717, 1.165) is 16.5 Å². The van der Waals surface area contributed by atoms with Crippen molar-refractivity contribution in [1.29, 1.82) is 0 Å². The van der Waals surface area contributed by atoms with Crippen LogP contribution in [0.1, 0.15) is 5.56 Å². The molecule has 0 fully saturated rings. The standard InChI is InChI=1S/C19H21N3O3/c1-14-5-4-7-17(9-14)25-13-16(23)11-20-19(24)12-22-18-8-3-2-6-15(18)10-21-22/h2-10,16,23H,11-13H2,1H3,(H,20,24). The van der Waals surface area contributed by atoms with Crippen molar-refractivity contribution in [2.24, 2.45) is 0 Å². The minimum absolute atomic E-state index is 0.110. The van der Waals surface area contributed by atoms with Crippen molar-refractivity contribution >= 4 is 16.8 Å². The number of carbonyl (C=O) groups excluding carboxylic acids is 1. The Morgan fingerprint density at radius 2 is 2.12 bits per heavy atom. The number of aliphatic hydroxyl groups excluding tert-OH is 1. The number of aliphatic hydroxyl groups is 1. The number of fused-ring (bicyclic) bond motifs is 1. The van der Waals surface area contributed by atoms with E-state index in [-0.39, 0.29) is 25.6 Å². The molecule has 0 spiro atoms. The second kappa shape index (κ2) is 7.81. The number of amides is 1. The molecule has 25 heavy (non-hydrogen) atoms. The maximum Gasteiger partial charge on any atom is 0.241 e. The van der Waals surface area contributed by atoms with Crippen LogP contribution < -0.4 is 10.1 Å². The van der Waals surface area contributed by atoms with E-state index < -0.39 is 6.10 Å². The van der Waals surface area contributed by atoms with Crippen LogP contribution in [0.3, 0.4) is 0 Å². The average molecular weight is 339 g/mol. The number of hydrogen-bond donors (Lipinski definition) is 2. The van der Waals surface area contributed by atoms with Crippen molar-refractivity contribution in [3.63, 3.8) is 0 Å². The van der Waals surface area contributed by atoms with Crippen molar-refractivity contribution in [3.05, 3.63) is 60.3 Å². The Kier molecular flexibility index (Phi) is 5.30. The Morgan fingerprint density at radius 1 is 1.28 bits per heavy atom. The molecule has 6 heteroatoms. The molecule has 3 aromatic rings. The molecule has 130 valence electrons. The second-order valence-electron chi connectivity index (χ2n) is 5.95. The summed E-state index contributed by atoms with van der Waals surface area (Å²) in [6.45, 7) is 2.33. The normalized spacial score (nSPS) is 12.1. The number of hydrogen-bond acceptors (Lipinski definition) is 4. The summed E-state index contributed by atoms with van der Waals surface area (Å²) in [5.74, 6) is 0.497. The molecule has 1 unspecified atom stereocenters. The van der Waals surface area contributed by atoms with Crippen molar-refractivity contribution in [3.8, 4) is 5.75 Å². The van der Waals surface area contributed by atoms with Crippen LogP contribution in [0.5, 0.6) is 5.75 Å². The predicted molar refractivity (Wildman–Crippen MR) is 95.4 cm³/mol. The van der Waals surface area contributed by atoms with Gasteiger partial charge in [0.05, 0.1) is 11.7 Å². The first-order valence-corrected chi connectivity index (χ1v) is 8.16. The van der Waals surface area contributed by atoms with E-state index >= 15 is 0 Å². The number of aromatic nitrogens is 2. The molecule has 1 aromatic heterocycles. The Bertz CT molecular complexity index is 860. The van der Waals surface area contributed by atoms with Crippen LogP contribution in [0.25, 0.3) is 10.9 Å². The lowest BCUT2D eigenvalue weighted by atomic mass is 10.2. The van der Waals surface area contributed by atoms with Gasteiger partial charge in [-0.25, -0.2) is 0 Å². The smallest absolute Gasteiger partial charge is 0.241 e. The van der Waals surface area contributed by atoms with Gasteiger partial charge in [-0.2, -0.15) is 5.10 Å². The van der Waals surface area contributed by atoms with Gasteiger partial charge in [0.15, 0.2) is 0 Å². The lowest BCUT2D eigenvalue weighted by Gasteiger charge is -2.14. The number of carbonyl (C=O) groups is 1. The molecule has 0 aliphatic rings. The topological polar surface area (TPSA) is 76.4 Å². The van der Waals surface area contributed by atoms with Crippen molar-refractivity contribution < 1.29 is 14.6 Å². The fourth-order valence-corrected chi connectivity index (χ4v) is 2.53. The molecule has 6 nitrogen and oxygen atoms in total. The first-order chi connectivity index (χ1) is 12.1. The number of rotatable bonds is 7. The van der Waals surface area contributed by atoms with Gasteiger partial charge in [-0.1, -0.05) is 30.3 Å². The molecule has 2 aromatic carbocycles. The van der Waals surface area contributed by atoms with Crippen molar-refractivity contribution in [2.45, 2.75) is 19.6 Å². The Labute approximate surface area is 146 Å². The van der Waals surface area contributed by atoms with Gasteiger partial charge in [0.2, 0.25) is 5.91 Å². The molecule has 3 rings (SSSR count). The van der Waals surface area contributed by atoms with Crippen LogP contribution in [0.15, 0.2) is 54.7 Å².